The first kappa shape index (κ1) is 15.1. The van der Waals surface area contributed by atoms with Gasteiger partial charge < -0.3 is 5.11 Å². The Bertz CT molecular complexity index is 653. The summed E-state index contributed by atoms with van der Waals surface area (Å²) in [5, 5.41) is 10.1. The predicted molar refractivity (Wildman–Crippen MR) is 78.2 cm³/mol. The van der Waals surface area contributed by atoms with E-state index < -0.39 is 16.1 Å². The smallest absolute Gasteiger partial charge is 0.252 e. The third-order valence-electron chi connectivity index (χ3n) is 2.73. The fourth-order valence-corrected chi connectivity index (χ4v) is 4.14. The molecule has 7 heteroatoms. The molecule has 0 spiro atoms. The van der Waals surface area contributed by atoms with Crippen LogP contribution in [-0.4, -0.2) is 31.2 Å². The monoisotopic (exact) mass is 312 g/mol. The third-order valence-corrected chi connectivity index (χ3v) is 5.63. The Hall–Kier alpha value is -1.28. The number of nitrogens with one attached hydrogen (secondary N) is 1. The number of aryl methyl sites for hydroxylation is 1. The molecular formula is C13H16N2O3S2. The van der Waals surface area contributed by atoms with Crippen LogP contribution in [0.3, 0.4) is 0 Å². The number of sulfonamides is 1. The zero-order valence-electron chi connectivity index (χ0n) is 11.0. The van der Waals surface area contributed by atoms with Crippen LogP contribution in [0.15, 0.2) is 40.7 Å². The first-order valence-electron chi connectivity index (χ1n) is 6.11. The maximum Gasteiger partial charge on any atom is 0.252 e. The molecule has 2 aromatic rings. The van der Waals surface area contributed by atoms with Crippen molar-refractivity contribution in [2.24, 2.45) is 0 Å². The Kier molecular flexibility index (Phi) is 4.87. The van der Waals surface area contributed by atoms with Gasteiger partial charge in [-0.2, -0.15) is 0 Å². The van der Waals surface area contributed by atoms with Crippen molar-refractivity contribution < 1.29 is 13.5 Å². The SMILES string of the molecule is Cc1ncc(S(=O)(=O)NC(CO)Cc2ccccc2)s1. The molecule has 0 bridgehead atoms. The summed E-state index contributed by atoms with van der Waals surface area (Å²) < 4.78 is 27.0. The average Bonchev–Trinajstić information content (AvgIpc) is 2.86. The highest BCUT2D eigenvalue weighted by Crippen LogP contribution is 2.18. The number of aliphatic hydroxyl groups is 1. The normalized spacial score (nSPS) is 13.3. The lowest BCUT2D eigenvalue weighted by molar-refractivity contribution is 0.256. The van der Waals surface area contributed by atoms with E-state index in [4.69, 9.17) is 0 Å². The van der Waals surface area contributed by atoms with Gasteiger partial charge in [-0.05, 0) is 18.9 Å². The minimum absolute atomic E-state index is 0.168. The van der Waals surface area contributed by atoms with E-state index in [0.29, 0.717) is 11.4 Å². The lowest BCUT2D eigenvalue weighted by Crippen LogP contribution is -2.38. The van der Waals surface area contributed by atoms with Crippen molar-refractivity contribution in [3.05, 3.63) is 47.1 Å². The summed E-state index contributed by atoms with van der Waals surface area (Å²) in [5.41, 5.74) is 0.967. The van der Waals surface area contributed by atoms with E-state index in [9.17, 15) is 13.5 Å². The van der Waals surface area contributed by atoms with Gasteiger partial charge in [-0.3, -0.25) is 0 Å². The number of aromatic nitrogens is 1. The topological polar surface area (TPSA) is 79.3 Å². The molecule has 1 unspecified atom stereocenters. The van der Waals surface area contributed by atoms with E-state index in [-0.39, 0.29) is 10.8 Å². The molecule has 1 aromatic heterocycles. The predicted octanol–water partition coefficient (Wildman–Crippen LogP) is 1.33. The van der Waals surface area contributed by atoms with E-state index in [0.717, 1.165) is 16.9 Å². The van der Waals surface area contributed by atoms with Gasteiger partial charge in [0, 0.05) is 6.04 Å². The van der Waals surface area contributed by atoms with Crippen LogP contribution in [0.1, 0.15) is 10.6 Å². The first-order valence-corrected chi connectivity index (χ1v) is 8.41. The van der Waals surface area contributed by atoms with Gasteiger partial charge in [0.25, 0.3) is 10.0 Å². The molecule has 0 saturated heterocycles. The number of benzene rings is 1. The average molecular weight is 312 g/mol. The summed E-state index contributed by atoms with van der Waals surface area (Å²) in [5.74, 6) is 0. The highest BCUT2D eigenvalue weighted by molar-refractivity contribution is 7.91. The summed E-state index contributed by atoms with van der Waals surface area (Å²) in [4.78, 5) is 3.94. The minimum Gasteiger partial charge on any atom is -0.395 e. The molecule has 0 aliphatic heterocycles. The van der Waals surface area contributed by atoms with Gasteiger partial charge in [-0.1, -0.05) is 30.3 Å². The number of aliphatic hydroxyl groups excluding tert-OH is 1. The summed E-state index contributed by atoms with van der Waals surface area (Å²) in [6.07, 6.45) is 1.77. The molecule has 2 rings (SSSR count). The van der Waals surface area contributed by atoms with Crippen LogP contribution in [0.5, 0.6) is 0 Å². The number of thiazole rings is 1. The van der Waals surface area contributed by atoms with E-state index in [2.05, 4.69) is 9.71 Å². The highest BCUT2D eigenvalue weighted by atomic mass is 32.2. The zero-order chi connectivity index (χ0) is 14.6. The Morgan fingerprint density at radius 1 is 1.35 bits per heavy atom. The summed E-state index contributed by atoms with van der Waals surface area (Å²) in [7, 11) is -3.62. The molecule has 0 aliphatic carbocycles. The highest BCUT2D eigenvalue weighted by Gasteiger charge is 2.21. The maximum atomic E-state index is 12.2. The van der Waals surface area contributed by atoms with Gasteiger partial charge in [-0.15, -0.1) is 11.3 Å². The fraction of sp³-hybridized carbons (Fsp3) is 0.308. The van der Waals surface area contributed by atoms with E-state index >= 15 is 0 Å². The van der Waals surface area contributed by atoms with Crippen molar-refractivity contribution in [1.82, 2.24) is 9.71 Å². The van der Waals surface area contributed by atoms with Crippen LogP contribution in [0.4, 0.5) is 0 Å². The standard InChI is InChI=1S/C13H16N2O3S2/c1-10-14-8-13(19-10)20(17,18)15-12(9-16)7-11-5-3-2-4-6-11/h2-6,8,12,15-16H,7,9H2,1H3. The first-order chi connectivity index (χ1) is 9.51. The van der Waals surface area contributed by atoms with Crippen LogP contribution in [0, 0.1) is 6.92 Å². The minimum atomic E-state index is -3.62. The number of hydrogen-bond acceptors (Lipinski definition) is 5. The summed E-state index contributed by atoms with van der Waals surface area (Å²) in [6, 6.07) is 8.89. The molecule has 1 aromatic carbocycles. The van der Waals surface area contributed by atoms with Gasteiger partial charge in [-0.25, -0.2) is 18.1 Å². The largest absolute Gasteiger partial charge is 0.395 e. The van der Waals surface area contributed by atoms with E-state index in [1.165, 1.54) is 6.20 Å². The van der Waals surface area contributed by atoms with Gasteiger partial charge in [0.05, 0.1) is 17.8 Å². The van der Waals surface area contributed by atoms with Gasteiger partial charge in [0.2, 0.25) is 0 Å². The lowest BCUT2D eigenvalue weighted by Gasteiger charge is -2.15. The van der Waals surface area contributed by atoms with Crippen molar-refractivity contribution in [3.8, 4) is 0 Å². The van der Waals surface area contributed by atoms with E-state index in [1.807, 2.05) is 30.3 Å². The van der Waals surface area contributed by atoms with Crippen LogP contribution >= 0.6 is 11.3 Å². The van der Waals surface area contributed by atoms with Crippen molar-refractivity contribution in [2.45, 2.75) is 23.6 Å². The van der Waals surface area contributed by atoms with Crippen LogP contribution in [-0.2, 0) is 16.4 Å². The second-order valence-corrected chi connectivity index (χ2v) is 7.56. The lowest BCUT2D eigenvalue weighted by atomic mass is 10.1. The summed E-state index contributed by atoms with van der Waals surface area (Å²) >= 11 is 1.11. The maximum absolute atomic E-state index is 12.2. The molecule has 20 heavy (non-hydrogen) atoms. The van der Waals surface area contributed by atoms with Crippen molar-refractivity contribution in [3.63, 3.8) is 0 Å². The molecule has 0 aliphatic rings. The fourth-order valence-electron chi connectivity index (χ4n) is 1.79. The molecule has 0 amide bonds. The van der Waals surface area contributed by atoms with Crippen molar-refractivity contribution in [1.29, 1.82) is 0 Å². The number of hydrogen-bond donors (Lipinski definition) is 2. The molecule has 1 heterocycles. The molecule has 1 atom stereocenters. The quantitative estimate of drug-likeness (QED) is 0.843. The molecule has 0 radical (unpaired) electrons. The second-order valence-electron chi connectivity index (χ2n) is 4.39. The molecule has 2 N–H and O–H groups in total. The molecule has 0 saturated carbocycles. The Morgan fingerprint density at radius 2 is 2.05 bits per heavy atom. The number of nitrogens with zero attached hydrogens (tertiary/aromatic N) is 1. The van der Waals surface area contributed by atoms with E-state index in [1.54, 1.807) is 6.92 Å². The molecule has 5 nitrogen and oxygen atoms in total. The van der Waals surface area contributed by atoms with Crippen LogP contribution in [0.25, 0.3) is 0 Å². The molecule has 108 valence electrons. The third kappa shape index (κ3) is 3.86. The Morgan fingerprint density at radius 3 is 2.60 bits per heavy atom. The Labute approximate surface area is 122 Å². The van der Waals surface area contributed by atoms with Crippen molar-refractivity contribution in [2.75, 3.05) is 6.61 Å². The van der Waals surface area contributed by atoms with Crippen molar-refractivity contribution >= 4 is 21.4 Å². The second kappa shape index (κ2) is 6.45. The Balaban J connectivity index is 2.10. The van der Waals surface area contributed by atoms with Gasteiger partial charge in [0.1, 0.15) is 0 Å². The van der Waals surface area contributed by atoms with Gasteiger partial charge in [0.15, 0.2) is 4.21 Å². The van der Waals surface area contributed by atoms with Crippen LogP contribution in [0.2, 0.25) is 0 Å². The molecule has 0 fully saturated rings. The number of rotatable bonds is 6. The molecular weight excluding hydrogens is 296 g/mol. The van der Waals surface area contributed by atoms with Gasteiger partial charge >= 0.3 is 0 Å². The summed E-state index contributed by atoms with van der Waals surface area (Å²) in [6.45, 7) is 1.49. The van der Waals surface area contributed by atoms with Crippen LogP contribution < -0.4 is 4.72 Å². The zero-order valence-corrected chi connectivity index (χ0v) is 12.6.